The molecule has 1 heterocycles. The third-order valence-corrected chi connectivity index (χ3v) is 3.70. The second-order valence-corrected chi connectivity index (χ2v) is 5.97. The predicted molar refractivity (Wildman–Crippen MR) is 65.7 cm³/mol. The number of halogens is 3. The smallest absolute Gasteiger partial charge is 0.384 e. The molecule has 1 unspecified atom stereocenters. The molecule has 0 radical (unpaired) electrons. The molecule has 1 N–H and O–H groups in total. The summed E-state index contributed by atoms with van der Waals surface area (Å²) in [6.45, 7) is 1.12. The summed E-state index contributed by atoms with van der Waals surface area (Å²) >= 11 is 0. The highest BCUT2D eigenvalue weighted by molar-refractivity contribution is 7.90. The maximum Gasteiger partial charge on any atom is 0.435 e. The number of rotatable bonds is 6. The Kier molecular flexibility index (Phi) is 5.34. The first kappa shape index (κ1) is 17.4. The summed E-state index contributed by atoms with van der Waals surface area (Å²) in [7, 11) is -2.61. The number of nitrogens with zero attached hydrogens (tertiary/aromatic N) is 2. The van der Waals surface area contributed by atoms with Gasteiger partial charge in [-0.2, -0.15) is 18.3 Å². The molecule has 120 valence electrons. The Labute approximate surface area is 119 Å². The fourth-order valence-electron chi connectivity index (χ4n) is 1.31. The van der Waals surface area contributed by atoms with Gasteiger partial charge in [0.25, 0.3) is 5.91 Å². The van der Waals surface area contributed by atoms with Crippen molar-refractivity contribution >= 4 is 15.9 Å². The van der Waals surface area contributed by atoms with Crippen LogP contribution in [0, 0.1) is 0 Å². The topological polar surface area (TPSA) is 90.3 Å². The number of aromatic nitrogens is 2. The average molecular weight is 329 g/mol. The van der Waals surface area contributed by atoms with Crippen LogP contribution < -0.4 is 4.72 Å². The van der Waals surface area contributed by atoms with Gasteiger partial charge in [-0.3, -0.25) is 14.2 Å². The number of sulfonamides is 1. The number of hydrogen-bond acceptors (Lipinski definition) is 5. The molecular weight excluding hydrogens is 315 g/mol. The molecule has 11 heteroatoms. The minimum atomic E-state index is -4.63. The van der Waals surface area contributed by atoms with Crippen LogP contribution in [0.5, 0.6) is 0 Å². The lowest BCUT2D eigenvalue weighted by Gasteiger charge is -2.13. The molecule has 0 fully saturated rings. The molecule has 21 heavy (non-hydrogen) atoms. The number of hydrogen-bond donors (Lipinski definition) is 1. The van der Waals surface area contributed by atoms with Gasteiger partial charge in [0.05, 0.1) is 12.4 Å². The molecule has 0 bridgehead atoms. The van der Waals surface area contributed by atoms with Gasteiger partial charge in [0.15, 0.2) is 5.69 Å². The molecule has 0 aromatic carbocycles. The quantitative estimate of drug-likeness (QED) is 0.823. The van der Waals surface area contributed by atoms with Gasteiger partial charge in [-0.05, 0) is 13.0 Å². The lowest BCUT2D eigenvalue weighted by atomic mass is 10.3. The van der Waals surface area contributed by atoms with E-state index in [4.69, 9.17) is 0 Å². The normalized spacial score (nSPS) is 14.0. The van der Waals surface area contributed by atoms with Crippen LogP contribution in [-0.4, -0.2) is 43.6 Å². The van der Waals surface area contributed by atoms with Crippen LogP contribution in [0.25, 0.3) is 0 Å². The van der Waals surface area contributed by atoms with Crippen LogP contribution in [-0.2, 0) is 25.7 Å². The van der Waals surface area contributed by atoms with Gasteiger partial charge in [-0.1, -0.05) is 0 Å². The van der Waals surface area contributed by atoms with Crippen molar-refractivity contribution in [3.8, 4) is 0 Å². The summed E-state index contributed by atoms with van der Waals surface area (Å²) < 4.78 is 67.2. The molecule has 1 amide bonds. The van der Waals surface area contributed by atoms with Crippen LogP contribution >= 0.6 is 0 Å². The Morgan fingerprint density at radius 2 is 2.14 bits per heavy atom. The van der Waals surface area contributed by atoms with Gasteiger partial charge >= 0.3 is 6.18 Å². The first-order valence-electron chi connectivity index (χ1n) is 5.72. The van der Waals surface area contributed by atoms with Gasteiger partial charge in [0.2, 0.25) is 10.0 Å². The van der Waals surface area contributed by atoms with E-state index in [-0.39, 0.29) is 6.61 Å². The zero-order chi connectivity index (χ0) is 16.3. The van der Waals surface area contributed by atoms with E-state index < -0.39 is 39.6 Å². The van der Waals surface area contributed by atoms with Crippen LogP contribution in [0.1, 0.15) is 18.7 Å². The second-order valence-electron chi connectivity index (χ2n) is 4.13. The Balaban J connectivity index is 2.77. The first-order chi connectivity index (χ1) is 9.57. The largest absolute Gasteiger partial charge is 0.435 e. The van der Waals surface area contributed by atoms with E-state index >= 15 is 0 Å². The Morgan fingerprint density at radius 1 is 1.52 bits per heavy atom. The molecule has 1 aromatic heterocycles. The maximum absolute atomic E-state index is 12.4. The molecule has 1 rings (SSSR count). The number of nitrogens with one attached hydrogen (secondary N) is 1. The average Bonchev–Trinajstić information content (AvgIpc) is 2.84. The fraction of sp³-hybridized carbons (Fsp3) is 0.600. The lowest BCUT2D eigenvalue weighted by Crippen LogP contribution is -2.38. The summed E-state index contributed by atoms with van der Waals surface area (Å²) in [5.41, 5.74) is -1.16. The zero-order valence-corrected chi connectivity index (χ0v) is 12.0. The molecule has 0 saturated carbocycles. The summed E-state index contributed by atoms with van der Waals surface area (Å²) in [5, 5.41) is 3.21. The highest BCUT2D eigenvalue weighted by Gasteiger charge is 2.34. The van der Waals surface area contributed by atoms with Crippen LogP contribution in [0.4, 0.5) is 13.2 Å². The highest BCUT2D eigenvalue weighted by atomic mass is 32.2. The third kappa shape index (κ3) is 5.01. The van der Waals surface area contributed by atoms with Crippen LogP contribution in [0.15, 0.2) is 12.3 Å². The summed E-state index contributed by atoms with van der Waals surface area (Å²) in [6.07, 6.45) is -3.68. The number of ether oxygens (including phenoxy) is 1. The van der Waals surface area contributed by atoms with Crippen molar-refractivity contribution in [2.45, 2.75) is 19.1 Å². The number of carbonyl (C=O) groups is 1. The molecule has 0 aliphatic carbocycles. The van der Waals surface area contributed by atoms with Gasteiger partial charge in [0, 0.05) is 13.3 Å². The molecule has 0 spiro atoms. The molecule has 7 nitrogen and oxygen atoms in total. The van der Waals surface area contributed by atoms with E-state index in [9.17, 15) is 26.4 Å². The Hall–Kier alpha value is -1.62. The molecule has 1 atom stereocenters. The minimum Gasteiger partial charge on any atom is -0.384 e. The van der Waals surface area contributed by atoms with E-state index in [1.54, 1.807) is 4.72 Å². The standard InChI is InChI=1S/C10H14F3N3O4S/c1-7(9(17)15-21(18,19)6-5-20-2)16-4-3-8(14-16)10(11,12)13/h3-4,7H,5-6H2,1-2H3,(H,15,17). The van der Waals surface area contributed by atoms with Crippen molar-refractivity contribution in [1.82, 2.24) is 14.5 Å². The van der Waals surface area contributed by atoms with Crippen molar-refractivity contribution in [2.24, 2.45) is 0 Å². The van der Waals surface area contributed by atoms with Gasteiger partial charge in [-0.15, -0.1) is 0 Å². The number of carbonyl (C=O) groups excluding carboxylic acids is 1. The van der Waals surface area contributed by atoms with Crippen LogP contribution in [0.2, 0.25) is 0 Å². The summed E-state index contributed by atoms with van der Waals surface area (Å²) in [6, 6.07) is -0.512. The Morgan fingerprint density at radius 3 is 2.62 bits per heavy atom. The predicted octanol–water partition coefficient (Wildman–Crippen LogP) is 0.555. The molecule has 0 aliphatic rings. The number of amides is 1. The van der Waals surface area contributed by atoms with Crippen molar-refractivity contribution < 1.29 is 31.1 Å². The molecule has 0 aliphatic heterocycles. The Bertz CT molecular complexity index is 597. The first-order valence-corrected chi connectivity index (χ1v) is 7.37. The van der Waals surface area contributed by atoms with Crippen molar-refractivity contribution in [3.05, 3.63) is 18.0 Å². The molecule has 0 saturated heterocycles. The minimum absolute atomic E-state index is 0.114. The van der Waals surface area contributed by atoms with E-state index in [0.29, 0.717) is 6.07 Å². The highest BCUT2D eigenvalue weighted by Crippen LogP contribution is 2.27. The number of alkyl halides is 3. The molecular formula is C10H14F3N3O4S. The SMILES string of the molecule is COCCS(=O)(=O)NC(=O)C(C)n1ccc(C(F)(F)F)n1. The van der Waals surface area contributed by atoms with E-state index in [1.807, 2.05) is 0 Å². The third-order valence-electron chi connectivity index (χ3n) is 2.49. The summed E-state index contributed by atoms with van der Waals surface area (Å²) in [4.78, 5) is 11.7. The van der Waals surface area contributed by atoms with Crippen LogP contribution in [0.3, 0.4) is 0 Å². The van der Waals surface area contributed by atoms with E-state index in [0.717, 1.165) is 10.9 Å². The van der Waals surface area contributed by atoms with Gasteiger partial charge < -0.3 is 4.74 Å². The fourth-order valence-corrected chi connectivity index (χ4v) is 2.27. The summed E-state index contributed by atoms with van der Waals surface area (Å²) in [5.74, 6) is -1.42. The van der Waals surface area contributed by atoms with Crippen molar-refractivity contribution in [2.75, 3.05) is 19.5 Å². The maximum atomic E-state index is 12.4. The second kappa shape index (κ2) is 6.43. The molecule has 1 aromatic rings. The van der Waals surface area contributed by atoms with E-state index in [2.05, 4.69) is 9.84 Å². The van der Waals surface area contributed by atoms with E-state index in [1.165, 1.54) is 14.0 Å². The van der Waals surface area contributed by atoms with Crippen molar-refractivity contribution in [3.63, 3.8) is 0 Å². The van der Waals surface area contributed by atoms with Gasteiger partial charge in [0.1, 0.15) is 6.04 Å². The van der Waals surface area contributed by atoms with Gasteiger partial charge in [-0.25, -0.2) is 8.42 Å². The lowest BCUT2D eigenvalue weighted by molar-refractivity contribution is -0.142. The monoisotopic (exact) mass is 329 g/mol. The zero-order valence-electron chi connectivity index (χ0n) is 11.2. The van der Waals surface area contributed by atoms with Crippen molar-refractivity contribution in [1.29, 1.82) is 0 Å². The number of methoxy groups -OCH3 is 1.